The molecule has 0 unspecified atom stereocenters. The highest BCUT2D eigenvalue weighted by atomic mass is 15.2. The van der Waals surface area contributed by atoms with Crippen LogP contribution in [-0.2, 0) is 0 Å². The molecule has 5 fully saturated rings. The lowest BCUT2D eigenvalue weighted by atomic mass is 9.49. The smallest absolute Gasteiger partial charge is 0.188 e. The molecule has 3 N–H and O–H groups in total. The molecule has 5 aliphatic rings. The number of guanidine groups is 1. The van der Waals surface area contributed by atoms with E-state index in [0.29, 0.717) is 11.4 Å². The van der Waals surface area contributed by atoms with Gasteiger partial charge in [-0.05, 0) is 113 Å². The Kier molecular flexibility index (Phi) is 6.31. The molecule has 4 saturated carbocycles. The lowest BCUT2D eigenvalue weighted by Gasteiger charge is -2.57. The molecule has 154 valence electrons. The van der Waals surface area contributed by atoms with Crippen molar-refractivity contribution in [1.29, 1.82) is 5.41 Å². The highest BCUT2D eigenvalue weighted by molar-refractivity contribution is 5.74. The lowest BCUT2D eigenvalue weighted by Crippen LogP contribution is -2.48. The van der Waals surface area contributed by atoms with E-state index >= 15 is 0 Å². The van der Waals surface area contributed by atoms with Crippen molar-refractivity contribution < 1.29 is 0 Å². The van der Waals surface area contributed by atoms with Crippen LogP contribution in [0.5, 0.6) is 0 Å². The summed E-state index contributed by atoms with van der Waals surface area (Å²) in [5.74, 6) is 3.38. The van der Waals surface area contributed by atoms with Crippen LogP contribution in [0.2, 0.25) is 0 Å². The zero-order valence-electron chi connectivity index (χ0n) is 17.4. The van der Waals surface area contributed by atoms with Crippen molar-refractivity contribution in [3.63, 3.8) is 0 Å². The summed E-state index contributed by atoms with van der Waals surface area (Å²) in [6.45, 7) is 5.95. The quantitative estimate of drug-likeness (QED) is 0.337. The number of rotatable bonds is 10. The summed E-state index contributed by atoms with van der Waals surface area (Å²) in [7, 11) is 0. The first-order valence-corrected chi connectivity index (χ1v) is 11.9. The van der Waals surface area contributed by atoms with Gasteiger partial charge in [0.25, 0.3) is 0 Å². The van der Waals surface area contributed by atoms with Crippen LogP contribution in [0, 0.1) is 28.6 Å². The van der Waals surface area contributed by atoms with Gasteiger partial charge in [0.15, 0.2) is 5.96 Å². The van der Waals surface area contributed by atoms with Crippen LogP contribution < -0.4 is 5.73 Å². The summed E-state index contributed by atoms with van der Waals surface area (Å²) in [5, 5.41) is 8.02. The minimum absolute atomic E-state index is 0.303. The monoisotopic (exact) mass is 374 g/mol. The van der Waals surface area contributed by atoms with E-state index in [1.165, 1.54) is 103 Å². The maximum Gasteiger partial charge on any atom is 0.188 e. The number of nitrogens with zero attached hydrogens (tertiary/aromatic N) is 2. The second kappa shape index (κ2) is 8.71. The Hall–Kier alpha value is -0.770. The molecule has 4 bridgehead atoms. The Labute approximate surface area is 166 Å². The molecular formula is C23H42N4. The molecule has 0 atom stereocenters. The molecule has 0 aromatic carbocycles. The molecule has 27 heavy (non-hydrogen) atoms. The SMILES string of the molecule is N=C(N)N(CCCCCCN1CCCC1)CCC12CC3CC(CC(C3)C1)C2. The van der Waals surface area contributed by atoms with E-state index in [1.807, 2.05) is 0 Å². The Bertz CT molecular complexity index is 461. The maximum atomic E-state index is 8.02. The number of hydrogen-bond donors (Lipinski definition) is 2. The number of nitrogens with one attached hydrogen (secondary N) is 1. The van der Waals surface area contributed by atoms with E-state index in [2.05, 4.69) is 9.80 Å². The Morgan fingerprint density at radius 2 is 1.48 bits per heavy atom. The van der Waals surface area contributed by atoms with Crippen LogP contribution >= 0.6 is 0 Å². The molecule has 1 saturated heterocycles. The molecule has 1 heterocycles. The predicted molar refractivity (Wildman–Crippen MR) is 113 cm³/mol. The Morgan fingerprint density at radius 3 is 2.07 bits per heavy atom. The van der Waals surface area contributed by atoms with Crippen LogP contribution in [0.1, 0.15) is 83.5 Å². The standard InChI is InChI=1S/C23H42N4/c24-22(25)27(11-4-2-1-3-8-26-9-5-6-10-26)12-7-23-16-19-13-20(17-23)15-21(14-19)18-23/h19-21H,1-18H2,(H3,24,25). The Morgan fingerprint density at radius 1 is 0.889 bits per heavy atom. The van der Waals surface area contributed by atoms with Gasteiger partial charge < -0.3 is 15.5 Å². The second-order valence-electron chi connectivity index (χ2n) is 10.5. The van der Waals surface area contributed by atoms with E-state index in [0.717, 1.165) is 30.8 Å². The van der Waals surface area contributed by atoms with Crippen LogP contribution in [0.15, 0.2) is 0 Å². The molecule has 0 amide bonds. The van der Waals surface area contributed by atoms with Crippen molar-refractivity contribution in [2.24, 2.45) is 28.9 Å². The predicted octanol–water partition coefficient (Wildman–Crippen LogP) is 4.44. The average molecular weight is 375 g/mol. The van der Waals surface area contributed by atoms with E-state index in [9.17, 15) is 0 Å². The molecule has 0 radical (unpaired) electrons. The number of hydrogen-bond acceptors (Lipinski definition) is 2. The van der Waals surface area contributed by atoms with Crippen molar-refractivity contribution in [3.05, 3.63) is 0 Å². The summed E-state index contributed by atoms with van der Waals surface area (Å²) in [6, 6.07) is 0. The summed E-state index contributed by atoms with van der Waals surface area (Å²) in [6.07, 6.45) is 18.2. The number of likely N-dealkylation sites (tertiary alicyclic amines) is 1. The third kappa shape index (κ3) is 4.99. The van der Waals surface area contributed by atoms with E-state index in [1.54, 1.807) is 0 Å². The van der Waals surface area contributed by atoms with Crippen molar-refractivity contribution >= 4 is 5.96 Å². The van der Waals surface area contributed by atoms with Gasteiger partial charge in [0.05, 0.1) is 0 Å². The maximum absolute atomic E-state index is 8.02. The highest BCUT2D eigenvalue weighted by Crippen LogP contribution is 2.61. The first-order valence-electron chi connectivity index (χ1n) is 11.9. The van der Waals surface area contributed by atoms with Gasteiger partial charge in [0, 0.05) is 13.1 Å². The van der Waals surface area contributed by atoms with E-state index in [-0.39, 0.29) is 0 Å². The molecule has 4 nitrogen and oxygen atoms in total. The molecule has 0 spiro atoms. The largest absolute Gasteiger partial charge is 0.370 e. The molecule has 4 aliphatic carbocycles. The molecule has 5 rings (SSSR count). The van der Waals surface area contributed by atoms with Crippen LogP contribution in [0.3, 0.4) is 0 Å². The van der Waals surface area contributed by atoms with Crippen molar-refractivity contribution in [2.45, 2.75) is 83.5 Å². The second-order valence-corrected chi connectivity index (χ2v) is 10.5. The first-order chi connectivity index (χ1) is 13.1. The topological polar surface area (TPSA) is 56.4 Å². The fourth-order valence-corrected chi connectivity index (χ4v) is 7.32. The van der Waals surface area contributed by atoms with Crippen molar-refractivity contribution in [1.82, 2.24) is 9.80 Å². The summed E-state index contributed by atoms with van der Waals surface area (Å²) >= 11 is 0. The fourth-order valence-electron chi connectivity index (χ4n) is 7.32. The van der Waals surface area contributed by atoms with Crippen LogP contribution in [0.4, 0.5) is 0 Å². The van der Waals surface area contributed by atoms with Gasteiger partial charge in [0.2, 0.25) is 0 Å². The van der Waals surface area contributed by atoms with Gasteiger partial charge in [-0.3, -0.25) is 5.41 Å². The fraction of sp³-hybridized carbons (Fsp3) is 0.957. The van der Waals surface area contributed by atoms with Gasteiger partial charge in [-0.2, -0.15) is 0 Å². The summed E-state index contributed by atoms with van der Waals surface area (Å²) in [4.78, 5) is 4.80. The van der Waals surface area contributed by atoms with Gasteiger partial charge in [-0.25, -0.2) is 0 Å². The number of nitrogens with two attached hydrogens (primary N) is 1. The van der Waals surface area contributed by atoms with E-state index in [4.69, 9.17) is 11.1 Å². The van der Waals surface area contributed by atoms with Gasteiger partial charge in [-0.1, -0.05) is 12.8 Å². The van der Waals surface area contributed by atoms with Crippen molar-refractivity contribution in [3.8, 4) is 0 Å². The zero-order valence-corrected chi connectivity index (χ0v) is 17.4. The lowest BCUT2D eigenvalue weighted by molar-refractivity contribution is -0.0591. The first kappa shape index (κ1) is 19.5. The van der Waals surface area contributed by atoms with E-state index < -0.39 is 0 Å². The number of unbranched alkanes of at least 4 members (excludes halogenated alkanes) is 3. The summed E-state index contributed by atoms with van der Waals surface area (Å²) in [5.41, 5.74) is 6.55. The third-order valence-electron chi connectivity index (χ3n) is 8.27. The zero-order chi connectivity index (χ0) is 18.7. The molecule has 1 aliphatic heterocycles. The van der Waals surface area contributed by atoms with Gasteiger partial charge in [-0.15, -0.1) is 0 Å². The molecule has 0 aromatic rings. The van der Waals surface area contributed by atoms with Gasteiger partial charge >= 0.3 is 0 Å². The molecule has 4 heteroatoms. The van der Waals surface area contributed by atoms with Crippen molar-refractivity contribution in [2.75, 3.05) is 32.7 Å². The minimum atomic E-state index is 0.303. The Balaban J connectivity index is 1.15. The average Bonchev–Trinajstić information content (AvgIpc) is 3.12. The minimum Gasteiger partial charge on any atom is -0.370 e. The van der Waals surface area contributed by atoms with Crippen LogP contribution in [0.25, 0.3) is 0 Å². The third-order valence-corrected chi connectivity index (χ3v) is 8.27. The van der Waals surface area contributed by atoms with Crippen LogP contribution in [-0.4, -0.2) is 48.5 Å². The normalized spacial score (nSPS) is 35.0. The molecular weight excluding hydrogens is 332 g/mol. The highest BCUT2D eigenvalue weighted by Gasteiger charge is 2.50. The van der Waals surface area contributed by atoms with Gasteiger partial charge in [0.1, 0.15) is 0 Å². The molecule has 0 aromatic heterocycles. The summed E-state index contributed by atoms with van der Waals surface area (Å²) < 4.78 is 0.